The quantitative estimate of drug-likeness (QED) is 0.479. The largest absolute Gasteiger partial charge is 0.495 e. The summed E-state index contributed by atoms with van der Waals surface area (Å²) >= 11 is 0. The molecular weight excluding hydrogens is 540 g/mol. The molecule has 0 saturated heterocycles. The van der Waals surface area contributed by atoms with Crippen molar-refractivity contribution in [3.05, 3.63) is 48.0 Å². The van der Waals surface area contributed by atoms with Gasteiger partial charge in [0.1, 0.15) is 27.4 Å². The number of aliphatic hydroxyl groups is 1. The molecule has 0 fully saturated rings. The fourth-order valence-electron chi connectivity index (χ4n) is 4.23. The number of nitrogens with zero attached hydrogens (tertiary/aromatic N) is 2. The maximum Gasteiger partial charge on any atom is 0.247 e. The number of para-hydroxylation sites is 1. The standard InChI is InChI=1S/C28H38N2O7S2/c1-20(2)10-9-11-23-14-15-28-25(16-23)37-26(21(3)17-30(22(4)19-31)39(28,34)35)18-29(5)38(32,33)27-13-8-7-12-24(27)36-6/h7-8,12-16,20-22,26,31H,10,17-19H2,1-6H3/t21-,22+,26-/m0/s1. The maximum atomic E-state index is 13.7. The van der Waals surface area contributed by atoms with E-state index in [0.29, 0.717) is 17.9 Å². The van der Waals surface area contributed by atoms with E-state index in [4.69, 9.17) is 9.47 Å². The van der Waals surface area contributed by atoms with E-state index in [1.807, 2.05) is 0 Å². The fourth-order valence-corrected chi connectivity index (χ4v) is 7.39. The summed E-state index contributed by atoms with van der Waals surface area (Å²) in [6.45, 7) is 7.17. The highest BCUT2D eigenvalue weighted by Gasteiger charge is 2.39. The molecule has 11 heteroatoms. The van der Waals surface area contributed by atoms with Gasteiger partial charge < -0.3 is 14.6 Å². The van der Waals surface area contributed by atoms with E-state index in [2.05, 4.69) is 25.7 Å². The topological polar surface area (TPSA) is 113 Å². The monoisotopic (exact) mass is 578 g/mol. The van der Waals surface area contributed by atoms with Crippen LogP contribution in [-0.2, 0) is 20.0 Å². The van der Waals surface area contributed by atoms with E-state index < -0.39 is 38.1 Å². The van der Waals surface area contributed by atoms with Crippen molar-refractivity contribution in [1.29, 1.82) is 0 Å². The van der Waals surface area contributed by atoms with E-state index in [9.17, 15) is 21.9 Å². The molecule has 214 valence electrons. The lowest BCUT2D eigenvalue weighted by molar-refractivity contribution is 0.0904. The highest BCUT2D eigenvalue weighted by atomic mass is 32.2. The highest BCUT2D eigenvalue weighted by molar-refractivity contribution is 7.89. The smallest absolute Gasteiger partial charge is 0.247 e. The van der Waals surface area contributed by atoms with E-state index in [-0.39, 0.29) is 41.0 Å². The Labute approximate surface area is 232 Å². The number of aliphatic hydroxyl groups excluding tert-OH is 1. The Balaban J connectivity index is 2.06. The molecule has 3 rings (SSSR count). The number of benzene rings is 2. The molecule has 0 unspecified atom stereocenters. The SMILES string of the molecule is COc1ccccc1S(=O)(=O)N(C)C[C@@H]1Oc2cc(C#CCC(C)C)ccc2S(=O)(=O)N([C@H](C)CO)C[C@@H]1C. The molecule has 0 amide bonds. The van der Waals surface area contributed by atoms with Gasteiger partial charge in [-0.15, -0.1) is 0 Å². The van der Waals surface area contributed by atoms with Crippen molar-refractivity contribution in [2.24, 2.45) is 11.8 Å². The molecule has 1 N–H and O–H groups in total. The fraction of sp³-hybridized carbons (Fsp3) is 0.500. The Bertz CT molecular complexity index is 1430. The molecule has 9 nitrogen and oxygen atoms in total. The van der Waals surface area contributed by atoms with Gasteiger partial charge in [-0.05, 0) is 43.2 Å². The van der Waals surface area contributed by atoms with Crippen LogP contribution in [0.2, 0.25) is 0 Å². The third-order valence-electron chi connectivity index (χ3n) is 6.60. The molecule has 1 aliphatic rings. The Morgan fingerprint density at radius 2 is 1.90 bits per heavy atom. The van der Waals surface area contributed by atoms with Gasteiger partial charge in [0.15, 0.2) is 0 Å². The summed E-state index contributed by atoms with van der Waals surface area (Å²) in [7, 11) is -5.11. The van der Waals surface area contributed by atoms with Crippen molar-refractivity contribution in [2.75, 3.05) is 33.9 Å². The molecule has 2 aromatic carbocycles. The molecule has 0 bridgehead atoms. The van der Waals surface area contributed by atoms with Crippen LogP contribution in [0.25, 0.3) is 0 Å². The van der Waals surface area contributed by atoms with E-state index in [1.54, 1.807) is 44.2 Å². The summed E-state index contributed by atoms with van der Waals surface area (Å²) in [6, 6.07) is 10.3. The molecule has 1 aliphatic heterocycles. The summed E-state index contributed by atoms with van der Waals surface area (Å²) < 4.78 is 68.3. The van der Waals surface area contributed by atoms with Crippen LogP contribution >= 0.6 is 0 Å². The number of methoxy groups -OCH3 is 1. The van der Waals surface area contributed by atoms with Crippen LogP contribution in [0.4, 0.5) is 0 Å². The van der Waals surface area contributed by atoms with Gasteiger partial charge in [-0.1, -0.05) is 44.7 Å². The van der Waals surface area contributed by atoms with Crippen molar-refractivity contribution in [3.8, 4) is 23.3 Å². The molecule has 0 aromatic heterocycles. The Morgan fingerprint density at radius 1 is 1.21 bits per heavy atom. The number of rotatable bonds is 8. The molecular formula is C28H38N2O7S2. The lowest BCUT2D eigenvalue weighted by Crippen LogP contribution is -2.50. The van der Waals surface area contributed by atoms with Crippen LogP contribution < -0.4 is 9.47 Å². The maximum absolute atomic E-state index is 13.7. The summed E-state index contributed by atoms with van der Waals surface area (Å²) in [5, 5.41) is 9.84. The van der Waals surface area contributed by atoms with Gasteiger partial charge >= 0.3 is 0 Å². The van der Waals surface area contributed by atoms with Gasteiger partial charge in [-0.2, -0.15) is 8.61 Å². The minimum Gasteiger partial charge on any atom is -0.495 e. The third-order valence-corrected chi connectivity index (χ3v) is 10.5. The minimum atomic E-state index is -4.02. The van der Waals surface area contributed by atoms with Crippen LogP contribution in [0.5, 0.6) is 11.5 Å². The summed E-state index contributed by atoms with van der Waals surface area (Å²) in [6.07, 6.45) is -0.0236. The Kier molecular flexibility index (Phi) is 10.1. The second kappa shape index (κ2) is 12.7. The molecule has 0 aliphatic carbocycles. The molecule has 3 atom stereocenters. The average molecular weight is 579 g/mol. The van der Waals surface area contributed by atoms with Crippen molar-refractivity contribution in [2.45, 2.75) is 56.1 Å². The highest BCUT2D eigenvalue weighted by Crippen LogP contribution is 2.35. The molecule has 1 heterocycles. The van der Waals surface area contributed by atoms with Crippen molar-refractivity contribution in [1.82, 2.24) is 8.61 Å². The Morgan fingerprint density at radius 3 is 2.54 bits per heavy atom. The first-order valence-electron chi connectivity index (χ1n) is 12.8. The van der Waals surface area contributed by atoms with Gasteiger partial charge in [-0.25, -0.2) is 16.8 Å². The number of ether oxygens (including phenoxy) is 2. The van der Waals surface area contributed by atoms with E-state index >= 15 is 0 Å². The molecule has 0 radical (unpaired) electrons. The van der Waals surface area contributed by atoms with Gasteiger partial charge in [0.2, 0.25) is 20.0 Å². The van der Waals surface area contributed by atoms with Crippen molar-refractivity contribution < 1.29 is 31.4 Å². The van der Waals surface area contributed by atoms with Gasteiger partial charge in [0.05, 0.1) is 20.3 Å². The van der Waals surface area contributed by atoms with Gasteiger partial charge in [0.25, 0.3) is 0 Å². The first-order valence-corrected chi connectivity index (χ1v) is 15.7. The molecule has 0 saturated carbocycles. The van der Waals surface area contributed by atoms with Crippen molar-refractivity contribution in [3.63, 3.8) is 0 Å². The number of hydrogen-bond acceptors (Lipinski definition) is 7. The zero-order chi connectivity index (χ0) is 29.0. The summed E-state index contributed by atoms with van der Waals surface area (Å²) in [5.74, 6) is 6.44. The van der Waals surface area contributed by atoms with Crippen LogP contribution in [0, 0.1) is 23.7 Å². The first kappa shape index (κ1) is 30.9. The van der Waals surface area contributed by atoms with Crippen LogP contribution in [0.1, 0.15) is 39.7 Å². The molecule has 2 aromatic rings. The van der Waals surface area contributed by atoms with E-state index in [0.717, 1.165) is 0 Å². The van der Waals surface area contributed by atoms with Gasteiger partial charge in [-0.3, -0.25) is 0 Å². The lowest BCUT2D eigenvalue weighted by atomic mass is 10.0. The predicted octanol–water partition coefficient (Wildman–Crippen LogP) is 3.18. The van der Waals surface area contributed by atoms with Gasteiger partial charge in [0, 0.05) is 37.5 Å². The summed E-state index contributed by atoms with van der Waals surface area (Å²) in [4.78, 5) is -0.0286. The van der Waals surface area contributed by atoms with Crippen LogP contribution in [-0.4, -0.2) is 76.6 Å². The predicted molar refractivity (Wildman–Crippen MR) is 150 cm³/mol. The number of sulfonamides is 2. The van der Waals surface area contributed by atoms with Crippen LogP contribution in [0.15, 0.2) is 52.3 Å². The zero-order valence-corrected chi connectivity index (χ0v) is 24.9. The number of hydrogen-bond donors (Lipinski definition) is 1. The van der Waals surface area contributed by atoms with E-state index in [1.165, 1.54) is 34.9 Å². The second-order valence-electron chi connectivity index (χ2n) is 10.2. The molecule has 0 spiro atoms. The number of fused-ring (bicyclic) bond motifs is 1. The lowest BCUT2D eigenvalue weighted by Gasteiger charge is -2.37. The normalized spacial score (nSPS) is 20.2. The first-order chi connectivity index (χ1) is 18.3. The second-order valence-corrected chi connectivity index (χ2v) is 14.1. The average Bonchev–Trinajstić information content (AvgIpc) is 2.89. The van der Waals surface area contributed by atoms with Crippen molar-refractivity contribution >= 4 is 20.0 Å². The third kappa shape index (κ3) is 6.94. The van der Waals surface area contributed by atoms with Crippen LogP contribution in [0.3, 0.4) is 0 Å². The minimum absolute atomic E-state index is 0.0229. The molecule has 39 heavy (non-hydrogen) atoms. The Hall–Kier alpha value is -2.62. The zero-order valence-electron chi connectivity index (χ0n) is 23.3. The summed E-state index contributed by atoms with van der Waals surface area (Å²) in [5.41, 5.74) is 0.591. The number of likely N-dealkylation sites (N-methyl/N-ethyl adjacent to an activating group) is 1.